The lowest BCUT2D eigenvalue weighted by Crippen LogP contribution is -2.74. The summed E-state index contributed by atoms with van der Waals surface area (Å²) < 4.78 is 36.2. The smallest absolute Gasteiger partial charge is 0.288 e. The average Bonchev–Trinajstić information content (AvgIpc) is 3.15. The topological polar surface area (TPSA) is 46.2 Å². The molecule has 51 heavy (non-hydrogen) atoms. The highest BCUT2D eigenvalue weighted by Crippen LogP contribution is 2.41. The summed E-state index contributed by atoms with van der Waals surface area (Å²) in [5.74, 6) is 0.537. The van der Waals surface area contributed by atoms with Crippen molar-refractivity contribution in [2.45, 2.75) is 115 Å². The Balaban J connectivity index is 1.47. The first kappa shape index (κ1) is 37.9. The summed E-state index contributed by atoms with van der Waals surface area (Å²) in [6, 6.07) is 42.7. The molecule has 0 N–H and O–H groups in total. The lowest BCUT2D eigenvalue weighted by atomic mass is 9.90. The lowest BCUT2D eigenvalue weighted by molar-refractivity contribution is -0.301. The van der Waals surface area contributed by atoms with Crippen LogP contribution in [0.3, 0.4) is 0 Å². The molecule has 0 bridgehead atoms. The average molecular weight is 723 g/mol. The Hall–Kier alpha value is -2.89. The summed E-state index contributed by atoms with van der Waals surface area (Å²) in [7, 11) is -5.51. The van der Waals surface area contributed by atoms with Gasteiger partial charge in [0.25, 0.3) is 8.32 Å². The maximum Gasteiger partial charge on any atom is 0.288 e. The maximum absolute atomic E-state index is 7.92. The number of hydrogen-bond acceptors (Lipinski definition) is 5. The molecule has 5 nitrogen and oxygen atoms in total. The minimum absolute atomic E-state index is 0.0334. The van der Waals surface area contributed by atoms with Gasteiger partial charge in [-0.2, -0.15) is 0 Å². The molecule has 0 aromatic heterocycles. The number of ether oxygens (including phenoxy) is 3. The highest BCUT2D eigenvalue weighted by atomic mass is 28.4. The van der Waals surface area contributed by atoms with E-state index < -0.39 is 41.2 Å². The fourth-order valence-corrected chi connectivity index (χ4v) is 12.8. The molecule has 0 radical (unpaired) electrons. The number of rotatable bonds is 13. The normalized spacial score (nSPS) is 23.6. The van der Waals surface area contributed by atoms with Crippen LogP contribution < -0.4 is 15.6 Å². The Morgan fingerprint density at radius 2 is 1.10 bits per heavy atom. The molecule has 1 saturated carbocycles. The molecular formula is C44H58O5Si2. The van der Waals surface area contributed by atoms with Gasteiger partial charge in [-0.05, 0) is 64.9 Å². The first-order valence-corrected chi connectivity index (χ1v) is 23.8. The second kappa shape index (κ2) is 16.8. The lowest BCUT2D eigenvalue weighted by Gasteiger charge is -2.51. The van der Waals surface area contributed by atoms with Gasteiger partial charge < -0.3 is 23.1 Å². The fourth-order valence-electron chi connectivity index (χ4n) is 7.38. The van der Waals surface area contributed by atoms with E-state index in [1.807, 2.05) is 6.07 Å². The Labute approximate surface area is 308 Å². The Morgan fingerprint density at radius 1 is 0.608 bits per heavy atom. The van der Waals surface area contributed by atoms with Crippen LogP contribution >= 0.6 is 0 Å². The summed E-state index contributed by atoms with van der Waals surface area (Å²) in [5.41, 5.74) is 1.10. The largest absolute Gasteiger partial charge is 0.408 e. The van der Waals surface area contributed by atoms with Gasteiger partial charge in [0.05, 0.1) is 25.4 Å². The van der Waals surface area contributed by atoms with Crippen molar-refractivity contribution >= 4 is 32.2 Å². The van der Waals surface area contributed by atoms with E-state index in [1.165, 1.54) is 47.7 Å². The molecule has 5 atom stereocenters. The van der Waals surface area contributed by atoms with Crippen LogP contribution in [0.4, 0.5) is 0 Å². The number of benzene rings is 4. The molecule has 272 valence electrons. The Morgan fingerprint density at radius 3 is 1.59 bits per heavy atom. The van der Waals surface area contributed by atoms with E-state index >= 15 is 0 Å². The zero-order valence-electron chi connectivity index (χ0n) is 31.5. The Bertz CT molecular complexity index is 1510. The zero-order chi connectivity index (χ0) is 35.9. The third-order valence-corrected chi connectivity index (χ3v) is 19.9. The van der Waals surface area contributed by atoms with Crippen molar-refractivity contribution in [2.24, 2.45) is 5.92 Å². The molecule has 0 unspecified atom stereocenters. The van der Waals surface area contributed by atoms with Gasteiger partial charge in [-0.15, -0.1) is 0 Å². The van der Waals surface area contributed by atoms with Gasteiger partial charge in [-0.3, -0.25) is 0 Å². The molecule has 0 spiro atoms. The van der Waals surface area contributed by atoms with Crippen molar-refractivity contribution in [3.8, 4) is 0 Å². The van der Waals surface area contributed by atoms with Crippen molar-refractivity contribution in [3.63, 3.8) is 0 Å². The molecule has 2 aliphatic rings. The van der Waals surface area contributed by atoms with Crippen LogP contribution in [0, 0.1) is 5.92 Å². The monoisotopic (exact) mass is 722 g/mol. The first-order valence-electron chi connectivity index (χ1n) is 19.0. The van der Waals surface area contributed by atoms with Gasteiger partial charge in [-0.25, -0.2) is 0 Å². The summed E-state index contributed by atoms with van der Waals surface area (Å²) in [6.07, 6.45) is 3.96. The summed E-state index contributed by atoms with van der Waals surface area (Å²) >= 11 is 0. The number of hydrogen-bond donors (Lipinski definition) is 0. The molecule has 6 rings (SSSR count). The summed E-state index contributed by atoms with van der Waals surface area (Å²) in [5, 5.41) is 3.50. The quantitative estimate of drug-likeness (QED) is 0.103. The van der Waals surface area contributed by atoms with Gasteiger partial charge in [0, 0.05) is 0 Å². The van der Waals surface area contributed by atoms with E-state index in [0.29, 0.717) is 19.1 Å². The summed E-state index contributed by atoms with van der Waals surface area (Å²) in [4.78, 5) is 0. The maximum atomic E-state index is 7.92. The van der Waals surface area contributed by atoms with Gasteiger partial charge >= 0.3 is 0 Å². The van der Waals surface area contributed by atoms with Gasteiger partial charge in [0.15, 0.2) is 14.6 Å². The van der Waals surface area contributed by atoms with Crippen LogP contribution in [0.5, 0.6) is 0 Å². The third-order valence-electron chi connectivity index (χ3n) is 11.3. The van der Waals surface area contributed by atoms with Crippen LogP contribution in [-0.2, 0) is 29.7 Å². The van der Waals surface area contributed by atoms with E-state index in [1.54, 1.807) is 0 Å². The van der Waals surface area contributed by atoms with Crippen molar-refractivity contribution in [1.29, 1.82) is 0 Å². The predicted octanol–water partition coefficient (Wildman–Crippen LogP) is 8.36. The Kier molecular flexibility index (Phi) is 12.5. The molecular weight excluding hydrogens is 665 g/mol. The SMILES string of the molecule is C[C@@H]1O[C@@H](OCC2CCCCC2)[C@H](OCc2ccccc2)[C@H](O[Si](C)(C)C(C)(C)C)[C@H]1O[Si](c1ccccc1)(c1ccccc1)c1ccccc1. The molecule has 4 aromatic rings. The molecule has 0 amide bonds. The van der Waals surface area contributed by atoms with Crippen LogP contribution in [0.1, 0.15) is 65.4 Å². The molecule has 1 saturated heterocycles. The van der Waals surface area contributed by atoms with E-state index in [9.17, 15) is 0 Å². The summed E-state index contributed by atoms with van der Waals surface area (Å²) in [6.45, 7) is 14.8. The van der Waals surface area contributed by atoms with Crippen molar-refractivity contribution in [3.05, 3.63) is 127 Å². The molecule has 2 fully saturated rings. The third kappa shape index (κ3) is 8.85. The van der Waals surface area contributed by atoms with Crippen LogP contribution in [0.25, 0.3) is 0 Å². The highest BCUT2D eigenvalue weighted by Gasteiger charge is 2.55. The molecule has 4 aromatic carbocycles. The zero-order valence-corrected chi connectivity index (χ0v) is 33.5. The van der Waals surface area contributed by atoms with Crippen LogP contribution in [0.2, 0.25) is 18.1 Å². The van der Waals surface area contributed by atoms with Crippen molar-refractivity contribution < 1.29 is 23.1 Å². The van der Waals surface area contributed by atoms with Crippen molar-refractivity contribution in [1.82, 2.24) is 0 Å². The predicted molar refractivity (Wildman–Crippen MR) is 213 cm³/mol. The first-order chi connectivity index (χ1) is 24.6. The minimum atomic E-state index is -3.14. The van der Waals surface area contributed by atoms with E-state index in [4.69, 9.17) is 23.1 Å². The second-order valence-corrected chi connectivity index (χ2v) is 24.1. The van der Waals surface area contributed by atoms with E-state index in [2.05, 4.69) is 156 Å². The van der Waals surface area contributed by atoms with E-state index in [-0.39, 0.29) is 11.1 Å². The van der Waals surface area contributed by atoms with Crippen LogP contribution in [-0.4, -0.2) is 53.9 Å². The second-order valence-electron chi connectivity index (χ2n) is 16.0. The van der Waals surface area contributed by atoms with Crippen molar-refractivity contribution in [2.75, 3.05) is 6.61 Å². The molecule has 1 aliphatic heterocycles. The van der Waals surface area contributed by atoms with Gasteiger partial charge in [0.1, 0.15) is 12.2 Å². The van der Waals surface area contributed by atoms with Gasteiger partial charge in [-0.1, -0.05) is 161 Å². The fraction of sp³-hybridized carbons (Fsp3) is 0.455. The molecule has 7 heteroatoms. The minimum Gasteiger partial charge on any atom is -0.408 e. The van der Waals surface area contributed by atoms with Crippen LogP contribution in [0.15, 0.2) is 121 Å². The van der Waals surface area contributed by atoms with Gasteiger partial charge in [0.2, 0.25) is 0 Å². The molecule has 1 aliphatic carbocycles. The standard InChI is InChI=1S/C44H58O5Si2/c1-34-40(49-51(37-26-16-9-17-27-37,38-28-18-10-19-29-38)39-30-20-11-21-31-39)41(48-50(5,6)44(2,3)4)42(45-32-35-22-12-7-13-23-35)43(47-34)46-33-36-24-14-8-15-25-36/h7,9-13,16-23,26-31,34,36,40-43H,8,14-15,24-25,32-33H2,1-6H3/t34-,40-,41+,42+,43+/m0/s1. The molecule has 1 heterocycles. The highest BCUT2D eigenvalue weighted by molar-refractivity contribution is 7.07. The van der Waals surface area contributed by atoms with E-state index in [0.717, 1.165) is 5.56 Å².